The lowest BCUT2D eigenvalue weighted by Gasteiger charge is -2.25. The lowest BCUT2D eigenvalue weighted by Crippen LogP contribution is -2.47. The maximum atomic E-state index is 11.5. The second-order valence-corrected chi connectivity index (χ2v) is 5.39. The van der Waals surface area contributed by atoms with E-state index in [2.05, 4.69) is 10.6 Å². The number of rotatable bonds is 6. The molecule has 6 nitrogen and oxygen atoms in total. The lowest BCUT2D eigenvalue weighted by atomic mass is 10.3. The predicted octanol–water partition coefficient (Wildman–Crippen LogP) is 0.287. The molecule has 106 valence electrons. The molecule has 20 heavy (non-hydrogen) atoms. The van der Waals surface area contributed by atoms with Crippen molar-refractivity contribution < 1.29 is 19.1 Å². The molecule has 2 rings (SSSR count). The van der Waals surface area contributed by atoms with Crippen molar-refractivity contribution in [1.29, 1.82) is 0 Å². The van der Waals surface area contributed by atoms with E-state index in [0.29, 0.717) is 12.2 Å². The molecule has 7 heteroatoms. The first-order valence-corrected chi connectivity index (χ1v) is 6.95. The third kappa shape index (κ3) is 4.58. The van der Waals surface area contributed by atoms with E-state index in [1.807, 2.05) is 6.07 Å². The van der Waals surface area contributed by atoms with E-state index in [1.165, 1.54) is 0 Å². The van der Waals surface area contributed by atoms with Gasteiger partial charge in [-0.2, -0.15) is 0 Å². The second kappa shape index (κ2) is 6.95. The van der Waals surface area contributed by atoms with E-state index in [-0.39, 0.29) is 35.5 Å². The average molecular weight is 294 g/mol. The first kappa shape index (κ1) is 14.4. The summed E-state index contributed by atoms with van der Waals surface area (Å²) in [7, 11) is 0. The Morgan fingerprint density at radius 3 is 2.70 bits per heavy atom. The summed E-state index contributed by atoms with van der Waals surface area (Å²) in [4.78, 5) is 33.6. The zero-order valence-electron chi connectivity index (χ0n) is 10.6. The van der Waals surface area contributed by atoms with E-state index in [4.69, 9.17) is 4.74 Å². The minimum absolute atomic E-state index is 0.0596. The van der Waals surface area contributed by atoms with Crippen molar-refractivity contribution in [2.75, 3.05) is 13.2 Å². The first-order chi connectivity index (χ1) is 9.63. The van der Waals surface area contributed by atoms with Crippen LogP contribution in [0.5, 0.6) is 5.75 Å². The molecular formula is C13H14N2O4S. The number of nitrogens with one attached hydrogen (secondary N) is 2. The Balaban J connectivity index is 1.60. The summed E-state index contributed by atoms with van der Waals surface area (Å²) >= 11 is 1.02. The Kier molecular flexibility index (Phi) is 5.00. The summed E-state index contributed by atoms with van der Waals surface area (Å²) in [6, 6.07) is 8.95. The van der Waals surface area contributed by atoms with Gasteiger partial charge >= 0.3 is 0 Å². The summed E-state index contributed by atoms with van der Waals surface area (Å²) in [5, 5.41) is 4.69. The van der Waals surface area contributed by atoms with Crippen LogP contribution >= 0.6 is 11.8 Å². The van der Waals surface area contributed by atoms with Crippen LogP contribution in [0.2, 0.25) is 0 Å². The van der Waals surface area contributed by atoms with Crippen LogP contribution in [0.3, 0.4) is 0 Å². The van der Waals surface area contributed by atoms with Crippen LogP contribution < -0.4 is 15.4 Å². The molecule has 1 aliphatic heterocycles. The van der Waals surface area contributed by atoms with Gasteiger partial charge in [0.15, 0.2) is 6.61 Å². The molecule has 1 aliphatic rings. The molecule has 0 bridgehead atoms. The summed E-state index contributed by atoms with van der Waals surface area (Å²) < 4.78 is 5.24. The van der Waals surface area contributed by atoms with E-state index in [1.54, 1.807) is 24.3 Å². The number of hydrogen-bond acceptors (Lipinski definition) is 5. The van der Waals surface area contributed by atoms with Gasteiger partial charge in [-0.05, 0) is 12.1 Å². The quantitative estimate of drug-likeness (QED) is 0.737. The van der Waals surface area contributed by atoms with Gasteiger partial charge in [0, 0.05) is 0 Å². The van der Waals surface area contributed by atoms with E-state index < -0.39 is 0 Å². The fraction of sp³-hybridized carbons (Fsp3) is 0.308. The minimum atomic E-state index is -0.361. The van der Waals surface area contributed by atoms with Gasteiger partial charge in [-0.15, -0.1) is 0 Å². The Morgan fingerprint density at radius 1 is 1.35 bits per heavy atom. The molecule has 1 heterocycles. The maximum absolute atomic E-state index is 11.5. The van der Waals surface area contributed by atoms with Crippen LogP contribution in [-0.2, 0) is 14.4 Å². The van der Waals surface area contributed by atoms with Crippen molar-refractivity contribution in [2.45, 2.75) is 11.8 Å². The molecular weight excluding hydrogens is 280 g/mol. The number of carbonyl (C=O) groups is 3. The van der Waals surface area contributed by atoms with Crippen molar-refractivity contribution in [1.82, 2.24) is 10.6 Å². The normalized spacial score (nSPS) is 16.8. The summed E-state index contributed by atoms with van der Waals surface area (Å²) in [5.74, 6) is 0.177. The van der Waals surface area contributed by atoms with Crippen LogP contribution in [0.15, 0.2) is 30.3 Å². The molecule has 0 unspecified atom stereocenters. The van der Waals surface area contributed by atoms with Crippen LogP contribution in [0.25, 0.3) is 0 Å². The smallest absolute Gasteiger partial charge is 0.258 e. The van der Waals surface area contributed by atoms with Gasteiger partial charge in [-0.1, -0.05) is 30.0 Å². The molecule has 1 aromatic carbocycles. The third-order valence-electron chi connectivity index (χ3n) is 2.51. The third-order valence-corrected chi connectivity index (χ3v) is 3.49. The monoisotopic (exact) mass is 294 g/mol. The van der Waals surface area contributed by atoms with Gasteiger partial charge in [0.2, 0.25) is 11.0 Å². The zero-order chi connectivity index (χ0) is 14.4. The highest BCUT2D eigenvalue weighted by Gasteiger charge is 2.27. The highest BCUT2D eigenvalue weighted by atomic mass is 32.2. The molecule has 0 saturated carbocycles. The van der Waals surface area contributed by atoms with Crippen molar-refractivity contribution in [2.24, 2.45) is 0 Å². The first-order valence-electron chi connectivity index (χ1n) is 6.07. The van der Waals surface area contributed by atoms with Crippen molar-refractivity contribution in [3.63, 3.8) is 0 Å². The molecule has 2 N–H and O–H groups in total. The fourth-order valence-corrected chi connectivity index (χ4v) is 2.38. The summed E-state index contributed by atoms with van der Waals surface area (Å²) in [5.41, 5.74) is 0. The largest absolute Gasteiger partial charge is 0.484 e. The number of β-lactam (4-membered cyclic amide) rings is 1. The van der Waals surface area contributed by atoms with E-state index >= 15 is 0 Å². The standard InChI is InChI=1S/C13H14N2O4S/c16-10-6-12(15-10)20-13(18)7-14-11(17)8-19-9-4-2-1-3-5-9/h1-5,12H,6-8H2,(H,14,17)(H,15,16)/t12-/m0/s1. The Hall–Kier alpha value is -2.02. The Bertz CT molecular complexity index is 498. The van der Waals surface area contributed by atoms with Gasteiger partial charge in [0.1, 0.15) is 5.75 Å². The van der Waals surface area contributed by atoms with Crippen molar-refractivity contribution in [3.05, 3.63) is 30.3 Å². The predicted molar refractivity (Wildman–Crippen MR) is 74.1 cm³/mol. The Morgan fingerprint density at radius 2 is 2.05 bits per heavy atom. The van der Waals surface area contributed by atoms with E-state index in [0.717, 1.165) is 11.8 Å². The summed E-state index contributed by atoms with van der Waals surface area (Å²) in [6.07, 6.45) is 0.349. The van der Waals surface area contributed by atoms with Gasteiger partial charge in [-0.3, -0.25) is 14.4 Å². The van der Waals surface area contributed by atoms with Crippen molar-refractivity contribution in [3.8, 4) is 5.75 Å². The molecule has 0 aromatic heterocycles. The zero-order valence-corrected chi connectivity index (χ0v) is 11.4. The maximum Gasteiger partial charge on any atom is 0.258 e. The fourth-order valence-electron chi connectivity index (χ4n) is 1.49. The van der Waals surface area contributed by atoms with Crippen LogP contribution in [-0.4, -0.2) is 35.5 Å². The number of ether oxygens (including phenoxy) is 1. The highest BCUT2D eigenvalue weighted by molar-refractivity contribution is 8.14. The van der Waals surface area contributed by atoms with Crippen LogP contribution in [0.4, 0.5) is 0 Å². The van der Waals surface area contributed by atoms with Crippen molar-refractivity contribution >= 4 is 28.7 Å². The SMILES string of the molecule is O=C(COc1ccccc1)NCC(=O)S[C@H]1CC(=O)N1. The molecule has 1 saturated heterocycles. The lowest BCUT2D eigenvalue weighted by molar-refractivity contribution is -0.126. The van der Waals surface area contributed by atoms with Gasteiger partial charge in [-0.25, -0.2) is 0 Å². The summed E-state index contributed by atoms with van der Waals surface area (Å²) in [6.45, 7) is -0.212. The van der Waals surface area contributed by atoms with Gasteiger partial charge in [0.25, 0.3) is 5.91 Å². The van der Waals surface area contributed by atoms with E-state index in [9.17, 15) is 14.4 Å². The van der Waals surface area contributed by atoms with Crippen LogP contribution in [0.1, 0.15) is 6.42 Å². The van der Waals surface area contributed by atoms with Crippen LogP contribution in [0, 0.1) is 0 Å². The number of hydrogen-bond donors (Lipinski definition) is 2. The number of para-hydroxylation sites is 1. The average Bonchev–Trinajstić information content (AvgIpc) is 2.42. The molecule has 1 aromatic rings. The molecule has 2 amide bonds. The van der Waals surface area contributed by atoms with Gasteiger partial charge < -0.3 is 15.4 Å². The minimum Gasteiger partial charge on any atom is -0.484 e. The molecule has 0 aliphatic carbocycles. The second-order valence-electron chi connectivity index (χ2n) is 4.13. The molecule has 1 atom stereocenters. The molecule has 0 spiro atoms. The van der Waals surface area contributed by atoms with Gasteiger partial charge in [0.05, 0.1) is 18.3 Å². The molecule has 1 fully saturated rings. The number of thioether (sulfide) groups is 1. The molecule has 0 radical (unpaired) electrons. The topological polar surface area (TPSA) is 84.5 Å². The number of amides is 2. The Labute approximate surface area is 120 Å². The highest BCUT2D eigenvalue weighted by Crippen LogP contribution is 2.19. The number of benzene rings is 1. The number of carbonyl (C=O) groups excluding carboxylic acids is 3.